The lowest BCUT2D eigenvalue weighted by molar-refractivity contribution is -0.137. The van der Waals surface area contributed by atoms with Crippen LogP contribution < -0.4 is 0 Å². The number of hydrogen-bond acceptors (Lipinski definition) is 1. The molecule has 2 nitrogen and oxygen atoms in total. The number of aliphatic carboxylic acids is 1. The van der Waals surface area contributed by atoms with Crippen molar-refractivity contribution in [3.63, 3.8) is 0 Å². The van der Waals surface area contributed by atoms with Gasteiger partial charge in [-0.15, -0.1) is 0 Å². The zero-order chi connectivity index (χ0) is 14.9. The zero-order valence-corrected chi connectivity index (χ0v) is 12.9. The standard InChI is InChI=1S/C18H30O2/c1-2-3-4-5-6-7-8-9-10-11-12-13-14-15-16-17-18(19)20/h9-14H,2-8,15-17H2,1H3,(H,19,20)/b10-9+,12-11+,14-13+. The molecule has 2 heteroatoms. The Morgan fingerprint density at radius 1 is 0.800 bits per heavy atom. The average molecular weight is 278 g/mol. The highest BCUT2D eigenvalue weighted by Gasteiger charge is 1.92. The molecule has 0 bridgehead atoms. The van der Waals surface area contributed by atoms with Gasteiger partial charge in [-0.25, -0.2) is 0 Å². The van der Waals surface area contributed by atoms with Crippen molar-refractivity contribution in [1.29, 1.82) is 0 Å². The molecule has 0 amide bonds. The molecule has 0 aromatic rings. The molecule has 0 aliphatic heterocycles. The Kier molecular flexibility index (Phi) is 14.7. The molecule has 0 saturated carbocycles. The largest absolute Gasteiger partial charge is 0.481 e. The maximum absolute atomic E-state index is 10.3. The van der Waals surface area contributed by atoms with E-state index in [2.05, 4.69) is 19.1 Å². The van der Waals surface area contributed by atoms with Crippen LogP contribution in [0.25, 0.3) is 0 Å². The van der Waals surface area contributed by atoms with Crippen LogP contribution in [0.1, 0.15) is 71.1 Å². The minimum absolute atomic E-state index is 0.256. The van der Waals surface area contributed by atoms with Gasteiger partial charge < -0.3 is 5.11 Å². The van der Waals surface area contributed by atoms with E-state index in [1.807, 2.05) is 24.3 Å². The number of hydrogen-bond donors (Lipinski definition) is 1. The van der Waals surface area contributed by atoms with Gasteiger partial charge in [0.25, 0.3) is 0 Å². The van der Waals surface area contributed by atoms with Crippen molar-refractivity contribution in [3.8, 4) is 0 Å². The molecular weight excluding hydrogens is 248 g/mol. The third-order valence-corrected chi connectivity index (χ3v) is 3.09. The van der Waals surface area contributed by atoms with E-state index in [1.54, 1.807) is 0 Å². The van der Waals surface area contributed by atoms with Crippen molar-refractivity contribution >= 4 is 5.97 Å². The molecule has 0 unspecified atom stereocenters. The lowest BCUT2D eigenvalue weighted by atomic mass is 10.1. The smallest absolute Gasteiger partial charge is 0.303 e. The van der Waals surface area contributed by atoms with Gasteiger partial charge in [0.2, 0.25) is 0 Å². The van der Waals surface area contributed by atoms with E-state index >= 15 is 0 Å². The number of carbonyl (C=O) groups is 1. The van der Waals surface area contributed by atoms with Crippen molar-refractivity contribution in [2.24, 2.45) is 0 Å². The third kappa shape index (κ3) is 16.7. The minimum Gasteiger partial charge on any atom is -0.481 e. The van der Waals surface area contributed by atoms with E-state index in [0.29, 0.717) is 6.42 Å². The van der Waals surface area contributed by atoms with Gasteiger partial charge in [-0.2, -0.15) is 0 Å². The monoisotopic (exact) mass is 278 g/mol. The van der Waals surface area contributed by atoms with Gasteiger partial charge in [0, 0.05) is 6.42 Å². The summed E-state index contributed by atoms with van der Waals surface area (Å²) in [6.07, 6.45) is 23.4. The first kappa shape index (κ1) is 18.7. The molecule has 114 valence electrons. The molecule has 0 heterocycles. The van der Waals surface area contributed by atoms with E-state index in [0.717, 1.165) is 6.42 Å². The first-order valence-electron chi connectivity index (χ1n) is 7.97. The fraction of sp³-hybridized carbons (Fsp3) is 0.611. The van der Waals surface area contributed by atoms with Crippen LogP contribution in [0.3, 0.4) is 0 Å². The summed E-state index contributed by atoms with van der Waals surface area (Å²) in [5.41, 5.74) is 0. The number of rotatable bonds is 13. The second kappa shape index (κ2) is 15.7. The second-order valence-corrected chi connectivity index (χ2v) is 5.08. The van der Waals surface area contributed by atoms with E-state index in [-0.39, 0.29) is 6.42 Å². The Morgan fingerprint density at radius 2 is 1.35 bits per heavy atom. The van der Waals surface area contributed by atoms with E-state index in [1.165, 1.54) is 44.9 Å². The number of carboxylic acid groups (broad SMARTS) is 1. The molecular formula is C18H30O2. The molecule has 0 saturated heterocycles. The number of carboxylic acids is 1. The Labute approximate surface area is 124 Å². The quantitative estimate of drug-likeness (QED) is 0.348. The van der Waals surface area contributed by atoms with Crippen molar-refractivity contribution < 1.29 is 9.90 Å². The highest BCUT2D eigenvalue weighted by Crippen LogP contribution is 2.07. The topological polar surface area (TPSA) is 37.3 Å². The Morgan fingerprint density at radius 3 is 1.95 bits per heavy atom. The minimum atomic E-state index is -0.716. The summed E-state index contributed by atoms with van der Waals surface area (Å²) in [4.78, 5) is 10.3. The molecule has 0 aromatic heterocycles. The summed E-state index contributed by atoms with van der Waals surface area (Å²) < 4.78 is 0. The highest BCUT2D eigenvalue weighted by molar-refractivity contribution is 5.66. The summed E-state index contributed by atoms with van der Waals surface area (Å²) in [7, 11) is 0. The van der Waals surface area contributed by atoms with E-state index in [9.17, 15) is 4.79 Å². The Balaban J connectivity index is 3.34. The van der Waals surface area contributed by atoms with Crippen LogP contribution in [0.15, 0.2) is 36.5 Å². The molecule has 0 aromatic carbocycles. The molecule has 0 spiro atoms. The maximum atomic E-state index is 10.3. The van der Waals surface area contributed by atoms with Gasteiger partial charge in [-0.1, -0.05) is 75.5 Å². The highest BCUT2D eigenvalue weighted by atomic mass is 16.4. The van der Waals surface area contributed by atoms with Crippen LogP contribution in [0.2, 0.25) is 0 Å². The third-order valence-electron chi connectivity index (χ3n) is 3.09. The fourth-order valence-corrected chi connectivity index (χ4v) is 1.89. The first-order valence-corrected chi connectivity index (χ1v) is 7.97. The van der Waals surface area contributed by atoms with Crippen LogP contribution in [-0.4, -0.2) is 11.1 Å². The second-order valence-electron chi connectivity index (χ2n) is 5.08. The normalized spacial score (nSPS) is 12.1. The Hall–Kier alpha value is -1.31. The van der Waals surface area contributed by atoms with Gasteiger partial charge in [-0.05, 0) is 25.7 Å². The molecule has 1 N–H and O–H groups in total. The zero-order valence-electron chi connectivity index (χ0n) is 12.9. The average Bonchev–Trinajstić information content (AvgIpc) is 2.43. The SMILES string of the molecule is CCCCCCCC/C=C/C=C/C=C/CCCC(=O)O. The van der Waals surface area contributed by atoms with Crippen LogP contribution in [0.4, 0.5) is 0 Å². The lowest BCUT2D eigenvalue weighted by Crippen LogP contribution is -1.92. The van der Waals surface area contributed by atoms with Crippen molar-refractivity contribution in [3.05, 3.63) is 36.5 Å². The molecule has 0 aliphatic carbocycles. The predicted octanol–water partition coefficient (Wildman–Crippen LogP) is 5.66. The summed E-state index contributed by atoms with van der Waals surface area (Å²) in [6.45, 7) is 2.25. The van der Waals surface area contributed by atoms with Crippen LogP contribution in [0.5, 0.6) is 0 Å². The van der Waals surface area contributed by atoms with Gasteiger partial charge in [-0.3, -0.25) is 4.79 Å². The molecule has 0 rings (SSSR count). The van der Waals surface area contributed by atoms with Gasteiger partial charge >= 0.3 is 5.97 Å². The van der Waals surface area contributed by atoms with Crippen LogP contribution in [-0.2, 0) is 4.79 Å². The summed E-state index contributed by atoms with van der Waals surface area (Å²) in [5.74, 6) is -0.716. The van der Waals surface area contributed by atoms with Gasteiger partial charge in [0.1, 0.15) is 0 Å². The number of allylic oxidation sites excluding steroid dienone is 6. The van der Waals surface area contributed by atoms with Crippen molar-refractivity contribution in [1.82, 2.24) is 0 Å². The van der Waals surface area contributed by atoms with E-state index < -0.39 is 5.97 Å². The molecule has 0 fully saturated rings. The molecule has 0 radical (unpaired) electrons. The molecule has 20 heavy (non-hydrogen) atoms. The summed E-state index contributed by atoms with van der Waals surface area (Å²) in [6, 6.07) is 0. The van der Waals surface area contributed by atoms with Crippen molar-refractivity contribution in [2.75, 3.05) is 0 Å². The first-order chi connectivity index (χ1) is 9.77. The van der Waals surface area contributed by atoms with Crippen LogP contribution in [0, 0.1) is 0 Å². The lowest BCUT2D eigenvalue weighted by Gasteiger charge is -1.97. The maximum Gasteiger partial charge on any atom is 0.303 e. The van der Waals surface area contributed by atoms with Crippen molar-refractivity contribution in [2.45, 2.75) is 71.1 Å². The molecule has 0 aliphatic rings. The Bertz CT molecular complexity index is 301. The van der Waals surface area contributed by atoms with Gasteiger partial charge in [0.05, 0.1) is 0 Å². The summed E-state index contributed by atoms with van der Waals surface area (Å²) >= 11 is 0. The van der Waals surface area contributed by atoms with E-state index in [4.69, 9.17) is 5.11 Å². The van der Waals surface area contributed by atoms with Crippen LogP contribution >= 0.6 is 0 Å². The summed E-state index contributed by atoms with van der Waals surface area (Å²) in [5, 5.41) is 8.47. The molecule has 0 atom stereocenters. The number of unbranched alkanes of at least 4 members (excludes halogenated alkanes) is 7. The van der Waals surface area contributed by atoms with Gasteiger partial charge in [0.15, 0.2) is 0 Å². The predicted molar refractivity (Wildman–Crippen MR) is 86.9 cm³/mol. The fourth-order valence-electron chi connectivity index (χ4n) is 1.89.